The Bertz CT molecular complexity index is 675. The Morgan fingerprint density at radius 2 is 2.24 bits per heavy atom. The molecule has 0 fully saturated rings. The summed E-state index contributed by atoms with van der Waals surface area (Å²) in [5.41, 5.74) is 4.37. The fraction of sp³-hybridized carbons (Fsp3) is 0.133. The second-order valence-corrected chi connectivity index (χ2v) is 4.55. The Morgan fingerprint density at radius 3 is 2.86 bits per heavy atom. The number of amides is 1. The zero-order chi connectivity index (χ0) is 15.2. The molecule has 0 saturated carbocycles. The highest BCUT2D eigenvalue weighted by Gasteiger charge is 2.12. The first-order chi connectivity index (χ1) is 10.1. The van der Waals surface area contributed by atoms with Gasteiger partial charge >= 0.3 is 0 Å². The van der Waals surface area contributed by atoms with E-state index in [1.807, 2.05) is 6.07 Å². The smallest absolute Gasteiger partial charge is 0.255 e. The van der Waals surface area contributed by atoms with Crippen molar-refractivity contribution in [2.75, 3.05) is 12.5 Å². The Kier molecular flexibility index (Phi) is 4.49. The second kappa shape index (κ2) is 6.50. The van der Waals surface area contributed by atoms with E-state index >= 15 is 0 Å². The highest BCUT2D eigenvalue weighted by atomic mass is 16.2. The van der Waals surface area contributed by atoms with Gasteiger partial charge in [0.15, 0.2) is 0 Å². The van der Waals surface area contributed by atoms with E-state index in [4.69, 9.17) is 11.1 Å². The molecule has 106 valence electrons. The number of aromatic nitrogens is 1. The van der Waals surface area contributed by atoms with Crippen molar-refractivity contribution in [3.05, 3.63) is 59.3 Å². The summed E-state index contributed by atoms with van der Waals surface area (Å²) < 4.78 is 0. The number of nitrogens with two attached hydrogens (primary N) is 1. The first-order valence-electron chi connectivity index (χ1n) is 6.31. The lowest BCUT2D eigenvalue weighted by Gasteiger charge is -2.17. The standard InChI is InChI=1S/C15H15N5O/c1-20(10-12-4-2-3-11(7-12)8-16)15(21)13-5-6-14(19-17)18-9-13/h2-7,9H,10,17H2,1H3,(H,18,19). The summed E-state index contributed by atoms with van der Waals surface area (Å²) in [6.07, 6.45) is 1.47. The molecular weight excluding hydrogens is 266 g/mol. The average molecular weight is 281 g/mol. The number of carbonyl (C=O) groups excluding carboxylic acids is 1. The molecule has 0 saturated heterocycles. The van der Waals surface area contributed by atoms with Crippen LogP contribution in [0, 0.1) is 11.3 Å². The fourth-order valence-corrected chi connectivity index (χ4v) is 1.91. The molecule has 0 radical (unpaired) electrons. The topological polar surface area (TPSA) is 95.0 Å². The molecule has 21 heavy (non-hydrogen) atoms. The molecule has 1 aromatic carbocycles. The largest absolute Gasteiger partial charge is 0.337 e. The Labute approximate surface area is 122 Å². The molecule has 0 atom stereocenters. The van der Waals surface area contributed by atoms with Crippen LogP contribution in [-0.2, 0) is 6.54 Å². The summed E-state index contributed by atoms with van der Waals surface area (Å²) in [6.45, 7) is 0.422. The minimum Gasteiger partial charge on any atom is -0.337 e. The van der Waals surface area contributed by atoms with Crippen LogP contribution in [0.4, 0.5) is 5.82 Å². The maximum Gasteiger partial charge on any atom is 0.255 e. The van der Waals surface area contributed by atoms with Crippen molar-refractivity contribution in [1.82, 2.24) is 9.88 Å². The molecule has 3 N–H and O–H groups in total. The lowest BCUT2D eigenvalue weighted by molar-refractivity contribution is 0.0784. The number of hydrazine groups is 1. The predicted octanol–water partition coefficient (Wildman–Crippen LogP) is 1.51. The molecule has 0 aliphatic heterocycles. The number of rotatable bonds is 4. The second-order valence-electron chi connectivity index (χ2n) is 4.55. The third-order valence-electron chi connectivity index (χ3n) is 2.98. The highest BCUT2D eigenvalue weighted by molar-refractivity contribution is 5.93. The van der Waals surface area contributed by atoms with Crippen LogP contribution in [0.5, 0.6) is 0 Å². The molecule has 1 aromatic heterocycles. The molecule has 0 bridgehead atoms. The van der Waals surface area contributed by atoms with Crippen molar-refractivity contribution in [3.63, 3.8) is 0 Å². The van der Waals surface area contributed by atoms with Crippen molar-refractivity contribution in [2.45, 2.75) is 6.54 Å². The molecule has 0 unspecified atom stereocenters. The summed E-state index contributed by atoms with van der Waals surface area (Å²) in [5.74, 6) is 5.58. The van der Waals surface area contributed by atoms with Gasteiger partial charge in [-0.2, -0.15) is 5.26 Å². The van der Waals surface area contributed by atoms with Gasteiger partial charge in [-0.3, -0.25) is 4.79 Å². The van der Waals surface area contributed by atoms with Crippen LogP contribution < -0.4 is 11.3 Å². The van der Waals surface area contributed by atoms with Crippen LogP contribution in [-0.4, -0.2) is 22.8 Å². The number of nitrogens with one attached hydrogen (secondary N) is 1. The first-order valence-corrected chi connectivity index (χ1v) is 6.31. The average Bonchev–Trinajstić information content (AvgIpc) is 2.54. The van der Waals surface area contributed by atoms with E-state index in [2.05, 4.69) is 16.5 Å². The number of nitrogens with zero attached hydrogens (tertiary/aromatic N) is 3. The maximum absolute atomic E-state index is 12.3. The monoisotopic (exact) mass is 281 g/mol. The summed E-state index contributed by atoms with van der Waals surface area (Å²) in [6, 6.07) is 12.6. The van der Waals surface area contributed by atoms with Crippen molar-refractivity contribution in [1.29, 1.82) is 5.26 Å². The van der Waals surface area contributed by atoms with Gasteiger partial charge in [-0.05, 0) is 29.8 Å². The van der Waals surface area contributed by atoms with Gasteiger partial charge in [0.1, 0.15) is 5.82 Å². The van der Waals surface area contributed by atoms with Gasteiger partial charge in [-0.15, -0.1) is 0 Å². The number of nitrogen functional groups attached to an aromatic ring is 1. The molecule has 2 rings (SSSR count). The van der Waals surface area contributed by atoms with Crippen LogP contribution in [0.1, 0.15) is 21.5 Å². The van der Waals surface area contributed by atoms with Crippen molar-refractivity contribution < 1.29 is 4.79 Å². The lowest BCUT2D eigenvalue weighted by Crippen LogP contribution is -2.26. The van der Waals surface area contributed by atoms with Crippen LogP contribution in [0.25, 0.3) is 0 Å². The molecule has 2 aromatic rings. The lowest BCUT2D eigenvalue weighted by atomic mass is 10.1. The van der Waals surface area contributed by atoms with Gasteiger partial charge in [0, 0.05) is 19.8 Å². The van der Waals surface area contributed by atoms with Crippen LogP contribution in [0.3, 0.4) is 0 Å². The van der Waals surface area contributed by atoms with Gasteiger partial charge in [-0.25, -0.2) is 10.8 Å². The fourth-order valence-electron chi connectivity index (χ4n) is 1.91. The maximum atomic E-state index is 12.3. The molecule has 1 heterocycles. The quantitative estimate of drug-likeness (QED) is 0.654. The molecule has 6 heteroatoms. The SMILES string of the molecule is CN(Cc1cccc(C#N)c1)C(=O)c1ccc(NN)nc1. The number of pyridine rings is 1. The van der Waals surface area contributed by atoms with Crippen LogP contribution >= 0.6 is 0 Å². The van der Waals surface area contributed by atoms with E-state index in [-0.39, 0.29) is 5.91 Å². The normalized spacial score (nSPS) is 9.76. The number of hydrogen-bond acceptors (Lipinski definition) is 5. The summed E-state index contributed by atoms with van der Waals surface area (Å²) in [7, 11) is 1.70. The Morgan fingerprint density at radius 1 is 1.43 bits per heavy atom. The van der Waals surface area contributed by atoms with E-state index in [1.54, 1.807) is 42.3 Å². The highest BCUT2D eigenvalue weighted by Crippen LogP contribution is 2.11. The van der Waals surface area contributed by atoms with Crippen molar-refractivity contribution >= 4 is 11.7 Å². The van der Waals surface area contributed by atoms with E-state index in [0.717, 1.165) is 5.56 Å². The molecule has 6 nitrogen and oxygen atoms in total. The van der Waals surface area contributed by atoms with E-state index in [1.165, 1.54) is 6.20 Å². The van der Waals surface area contributed by atoms with Crippen molar-refractivity contribution in [3.8, 4) is 6.07 Å². The minimum atomic E-state index is -0.145. The zero-order valence-electron chi connectivity index (χ0n) is 11.6. The van der Waals surface area contributed by atoms with Crippen LogP contribution in [0.15, 0.2) is 42.6 Å². The minimum absolute atomic E-state index is 0.145. The van der Waals surface area contributed by atoms with Gasteiger partial charge in [0.25, 0.3) is 5.91 Å². The third kappa shape index (κ3) is 3.55. The summed E-state index contributed by atoms with van der Waals surface area (Å²) in [4.78, 5) is 17.9. The molecule has 0 aliphatic carbocycles. The van der Waals surface area contributed by atoms with Gasteiger partial charge in [0.2, 0.25) is 0 Å². The summed E-state index contributed by atoms with van der Waals surface area (Å²) in [5, 5.41) is 8.88. The summed E-state index contributed by atoms with van der Waals surface area (Å²) >= 11 is 0. The number of carbonyl (C=O) groups is 1. The molecule has 1 amide bonds. The van der Waals surface area contributed by atoms with Crippen LogP contribution in [0.2, 0.25) is 0 Å². The number of anilines is 1. The van der Waals surface area contributed by atoms with Gasteiger partial charge < -0.3 is 10.3 Å². The predicted molar refractivity (Wildman–Crippen MR) is 79.0 cm³/mol. The number of nitriles is 1. The van der Waals surface area contributed by atoms with Crippen molar-refractivity contribution in [2.24, 2.45) is 5.84 Å². The first kappa shape index (κ1) is 14.5. The Hall–Kier alpha value is -2.91. The third-order valence-corrected chi connectivity index (χ3v) is 2.98. The molecule has 0 aliphatic rings. The molecular formula is C15H15N5O. The Balaban J connectivity index is 2.09. The molecule has 0 spiro atoms. The zero-order valence-corrected chi connectivity index (χ0v) is 11.6. The van der Waals surface area contributed by atoms with Gasteiger partial charge in [-0.1, -0.05) is 12.1 Å². The van der Waals surface area contributed by atoms with E-state index in [0.29, 0.717) is 23.5 Å². The van der Waals surface area contributed by atoms with E-state index in [9.17, 15) is 4.79 Å². The van der Waals surface area contributed by atoms with Gasteiger partial charge in [0.05, 0.1) is 17.2 Å². The number of benzene rings is 1. The number of hydrogen-bond donors (Lipinski definition) is 2. The van der Waals surface area contributed by atoms with E-state index < -0.39 is 0 Å².